The molecule has 0 aliphatic heterocycles. The highest BCUT2D eigenvalue weighted by Crippen LogP contribution is 2.23. The maximum Gasteiger partial charge on any atom is 0.246 e. The Morgan fingerprint density at radius 3 is 2.30 bits per heavy atom. The quantitative estimate of drug-likeness (QED) is 0.554. The monoisotopic (exact) mass is 405 g/mol. The van der Waals surface area contributed by atoms with Gasteiger partial charge in [-0.2, -0.15) is 5.10 Å². The van der Waals surface area contributed by atoms with E-state index in [1.165, 1.54) is 0 Å². The second kappa shape index (κ2) is 9.31. The first-order chi connectivity index (χ1) is 14.4. The number of nitrogens with zero attached hydrogens (tertiary/aromatic N) is 3. The van der Waals surface area contributed by atoms with Gasteiger partial charge in [-0.1, -0.05) is 18.2 Å². The molecule has 0 atom stereocenters. The highest BCUT2D eigenvalue weighted by molar-refractivity contribution is 5.91. The third kappa shape index (κ3) is 4.71. The fourth-order valence-electron chi connectivity index (χ4n) is 3.26. The maximum atomic E-state index is 12.7. The van der Waals surface area contributed by atoms with Crippen LogP contribution in [-0.4, -0.2) is 41.9 Å². The van der Waals surface area contributed by atoms with E-state index in [0.29, 0.717) is 18.0 Å². The number of benzene rings is 2. The standard InChI is InChI=1S/C24H27N3O3/c1-17-23(18(2)27(25-17)20-9-7-6-8-10-20)16-26(3)24(28)12-11-19-13-21(29-4)15-22(14-19)30-5/h6-15H,16H2,1-5H3/b12-11+. The molecule has 6 heteroatoms. The van der Waals surface area contributed by atoms with Crippen molar-refractivity contribution in [3.05, 3.63) is 77.1 Å². The van der Waals surface area contributed by atoms with Gasteiger partial charge in [-0.3, -0.25) is 4.79 Å². The number of aromatic nitrogens is 2. The lowest BCUT2D eigenvalue weighted by Crippen LogP contribution is -2.24. The first-order valence-corrected chi connectivity index (χ1v) is 9.69. The first kappa shape index (κ1) is 21.2. The number of likely N-dealkylation sites (N-methyl/N-ethyl adjacent to an activating group) is 1. The van der Waals surface area contributed by atoms with Crippen LogP contribution in [0.15, 0.2) is 54.6 Å². The Morgan fingerprint density at radius 1 is 1.07 bits per heavy atom. The number of amides is 1. The molecule has 3 aromatic rings. The minimum absolute atomic E-state index is 0.0944. The zero-order chi connectivity index (χ0) is 21.7. The van der Waals surface area contributed by atoms with E-state index in [1.807, 2.05) is 61.0 Å². The molecule has 156 valence electrons. The Kier molecular flexibility index (Phi) is 6.57. The van der Waals surface area contributed by atoms with Crippen molar-refractivity contribution in [3.8, 4) is 17.2 Å². The Morgan fingerprint density at radius 2 is 1.70 bits per heavy atom. The average molecular weight is 405 g/mol. The Labute approximate surface area is 177 Å². The van der Waals surface area contributed by atoms with Crippen LogP contribution in [-0.2, 0) is 11.3 Å². The zero-order valence-electron chi connectivity index (χ0n) is 18.0. The van der Waals surface area contributed by atoms with Crippen molar-refractivity contribution in [1.29, 1.82) is 0 Å². The number of carbonyl (C=O) groups excluding carboxylic acids is 1. The van der Waals surface area contributed by atoms with E-state index < -0.39 is 0 Å². The molecular formula is C24H27N3O3. The fraction of sp³-hybridized carbons (Fsp3) is 0.250. The highest BCUT2D eigenvalue weighted by atomic mass is 16.5. The number of aryl methyl sites for hydroxylation is 1. The summed E-state index contributed by atoms with van der Waals surface area (Å²) in [6, 6.07) is 15.5. The van der Waals surface area contributed by atoms with Gasteiger partial charge in [0.25, 0.3) is 0 Å². The molecule has 0 saturated carbocycles. The highest BCUT2D eigenvalue weighted by Gasteiger charge is 2.16. The van der Waals surface area contributed by atoms with Gasteiger partial charge < -0.3 is 14.4 Å². The van der Waals surface area contributed by atoms with Crippen molar-refractivity contribution in [3.63, 3.8) is 0 Å². The number of para-hydroxylation sites is 1. The molecule has 0 aliphatic carbocycles. The van der Waals surface area contributed by atoms with Crippen LogP contribution in [0.5, 0.6) is 11.5 Å². The molecule has 6 nitrogen and oxygen atoms in total. The van der Waals surface area contributed by atoms with Crippen LogP contribution < -0.4 is 9.47 Å². The fourth-order valence-corrected chi connectivity index (χ4v) is 3.26. The van der Waals surface area contributed by atoms with Gasteiger partial charge in [0.1, 0.15) is 11.5 Å². The lowest BCUT2D eigenvalue weighted by Gasteiger charge is -2.15. The molecular weight excluding hydrogens is 378 g/mol. The summed E-state index contributed by atoms with van der Waals surface area (Å²) in [6.07, 6.45) is 3.32. The molecule has 0 N–H and O–H groups in total. The van der Waals surface area contributed by atoms with Crippen molar-refractivity contribution in [2.24, 2.45) is 0 Å². The van der Waals surface area contributed by atoms with Crippen LogP contribution in [0.25, 0.3) is 11.8 Å². The van der Waals surface area contributed by atoms with Gasteiger partial charge in [0.15, 0.2) is 0 Å². The zero-order valence-corrected chi connectivity index (χ0v) is 18.0. The van der Waals surface area contributed by atoms with Crippen LogP contribution in [0, 0.1) is 13.8 Å². The molecule has 0 saturated heterocycles. The van der Waals surface area contributed by atoms with Gasteiger partial charge in [-0.05, 0) is 49.8 Å². The van der Waals surface area contributed by atoms with Crippen molar-refractivity contribution in [1.82, 2.24) is 14.7 Å². The summed E-state index contributed by atoms with van der Waals surface area (Å²) in [5.74, 6) is 1.26. The van der Waals surface area contributed by atoms with Gasteiger partial charge in [0.2, 0.25) is 5.91 Å². The van der Waals surface area contributed by atoms with Crippen molar-refractivity contribution < 1.29 is 14.3 Å². The molecule has 3 rings (SSSR count). The summed E-state index contributed by atoms with van der Waals surface area (Å²) in [4.78, 5) is 14.4. The number of hydrogen-bond donors (Lipinski definition) is 0. The van der Waals surface area contributed by atoms with Crippen LogP contribution in [0.3, 0.4) is 0 Å². The predicted molar refractivity (Wildman–Crippen MR) is 118 cm³/mol. The number of rotatable bonds is 7. The lowest BCUT2D eigenvalue weighted by atomic mass is 10.1. The molecule has 0 bridgehead atoms. The molecule has 1 heterocycles. The SMILES string of the molecule is COc1cc(/C=C/C(=O)N(C)Cc2c(C)nn(-c3ccccc3)c2C)cc(OC)c1. The van der Waals surface area contributed by atoms with E-state index in [9.17, 15) is 4.79 Å². The summed E-state index contributed by atoms with van der Waals surface area (Å²) in [7, 11) is 4.99. The van der Waals surface area contributed by atoms with E-state index in [2.05, 4.69) is 5.10 Å². The molecule has 0 aliphatic rings. The van der Waals surface area contributed by atoms with Gasteiger partial charge in [-0.25, -0.2) is 4.68 Å². The lowest BCUT2D eigenvalue weighted by molar-refractivity contribution is -0.125. The third-order valence-electron chi connectivity index (χ3n) is 5.01. The largest absolute Gasteiger partial charge is 0.497 e. The Bertz CT molecular complexity index is 1030. The molecule has 2 aromatic carbocycles. The van der Waals surface area contributed by atoms with Gasteiger partial charge in [0, 0.05) is 37.0 Å². The minimum Gasteiger partial charge on any atom is -0.497 e. The number of methoxy groups -OCH3 is 2. The van der Waals surface area contributed by atoms with Crippen LogP contribution in [0.1, 0.15) is 22.5 Å². The van der Waals surface area contributed by atoms with E-state index in [1.54, 1.807) is 44.4 Å². The Hall–Kier alpha value is -3.54. The molecule has 1 aromatic heterocycles. The second-order valence-corrected chi connectivity index (χ2v) is 7.07. The van der Waals surface area contributed by atoms with Gasteiger partial charge in [-0.15, -0.1) is 0 Å². The molecule has 0 radical (unpaired) electrons. The van der Waals surface area contributed by atoms with E-state index in [-0.39, 0.29) is 5.91 Å². The summed E-state index contributed by atoms with van der Waals surface area (Å²) >= 11 is 0. The topological polar surface area (TPSA) is 56.6 Å². The van der Waals surface area contributed by atoms with E-state index in [0.717, 1.165) is 28.2 Å². The summed E-state index contributed by atoms with van der Waals surface area (Å²) in [5.41, 5.74) is 4.82. The molecule has 1 amide bonds. The second-order valence-electron chi connectivity index (χ2n) is 7.07. The normalized spacial score (nSPS) is 11.0. The van der Waals surface area contributed by atoms with E-state index >= 15 is 0 Å². The molecule has 0 fully saturated rings. The molecule has 30 heavy (non-hydrogen) atoms. The smallest absolute Gasteiger partial charge is 0.246 e. The van der Waals surface area contributed by atoms with Gasteiger partial charge in [0.05, 0.1) is 25.6 Å². The van der Waals surface area contributed by atoms with Crippen LogP contribution in [0.2, 0.25) is 0 Å². The third-order valence-corrected chi connectivity index (χ3v) is 5.01. The predicted octanol–water partition coefficient (Wildman–Crippen LogP) is 4.18. The Balaban J connectivity index is 1.75. The van der Waals surface area contributed by atoms with Crippen LogP contribution >= 0.6 is 0 Å². The van der Waals surface area contributed by atoms with Crippen molar-refractivity contribution in [2.75, 3.05) is 21.3 Å². The maximum absolute atomic E-state index is 12.7. The number of carbonyl (C=O) groups is 1. The van der Waals surface area contributed by atoms with Gasteiger partial charge >= 0.3 is 0 Å². The number of hydrogen-bond acceptors (Lipinski definition) is 4. The first-order valence-electron chi connectivity index (χ1n) is 9.69. The summed E-state index contributed by atoms with van der Waals surface area (Å²) < 4.78 is 12.5. The number of ether oxygens (including phenoxy) is 2. The van der Waals surface area contributed by atoms with Crippen molar-refractivity contribution in [2.45, 2.75) is 20.4 Å². The minimum atomic E-state index is -0.0944. The average Bonchev–Trinajstić information content (AvgIpc) is 3.05. The summed E-state index contributed by atoms with van der Waals surface area (Å²) in [6.45, 7) is 4.48. The van der Waals surface area contributed by atoms with Crippen LogP contribution in [0.4, 0.5) is 0 Å². The molecule has 0 unspecified atom stereocenters. The molecule has 0 spiro atoms. The summed E-state index contributed by atoms with van der Waals surface area (Å²) in [5, 5.41) is 4.66. The van der Waals surface area contributed by atoms with E-state index in [4.69, 9.17) is 9.47 Å². The van der Waals surface area contributed by atoms with Crippen molar-refractivity contribution >= 4 is 12.0 Å².